The Morgan fingerprint density at radius 2 is 1.07 bits per heavy atom. The molecule has 4 aromatic rings. The lowest BCUT2D eigenvalue weighted by Crippen LogP contribution is -2.44. The third-order valence-electron chi connectivity index (χ3n) is 10.1. The molecular formula is C38H31NO6. The van der Waals surface area contributed by atoms with Crippen LogP contribution in [-0.2, 0) is 14.4 Å². The van der Waals surface area contributed by atoms with Gasteiger partial charge >= 0.3 is 11.9 Å². The first-order valence-electron chi connectivity index (χ1n) is 15.6. The molecular weight excluding hydrogens is 566 g/mol. The molecule has 1 heterocycles. The average Bonchev–Trinajstić information content (AvgIpc) is 3.35. The third-order valence-corrected chi connectivity index (χ3v) is 10.1. The predicted octanol–water partition coefficient (Wildman–Crippen LogP) is 6.26. The summed E-state index contributed by atoms with van der Waals surface area (Å²) in [5.74, 6) is -2.13. The van der Waals surface area contributed by atoms with Crippen LogP contribution in [0.1, 0.15) is 70.1 Å². The molecule has 7 nitrogen and oxygen atoms in total. The summed E-state index contributed by atoms with van der Waals surface area (Å²) in [7, 11) is 0. The van der Waals surface area contributed by atoms with Crippen LogP contribution in [0.3, 0.4) is 0 Å². The normalized spacial score (nSPS) is 26.1. The third kappa shape index (κ3) is 4.40. The molecule has 4 aromatic carbocycles. The van der Waals surface area contributed by atoms with Crippen molar-refractivity contribution in [3.63, 3.8) is 0 Å². The van der Waals surface area contributed by atoms with Crippen molar-refractivity contribution in [1.82, 2.24) is 4.90 Å². The van der Waals surface area contributed by atoms with E-state index in [-0.39, 0.29) is 41.0 Å². The van der Waals surface area contributed by atoms with Crippen molar-refractivity contribution in [2.45, 2.75) is 43.6 Å². The highest BCUT2D eigenvalue weighted by Crippen LogP contribution is 2.61. The molecule has 4 aliphatic carbocycles. The van der Waals surface area contributed by atoms with Crippen LogP contribution in [0.5, 0.6) is 11.5 Å². The van der Waals surface area contributed by atoms with E-state index in [4.69, 9.17) is 9.47 Å². The standard InChI is InChI=1S/C38H31NO6/c40-35-33-31-25-12-4-5-13-26(25)32(28-15-7-6-14-27(28)31)34(33)36(41)39(35)23-20-18-22(19-21-23)37(42)45-30-17-9-8-16-29(30)38(43)44-24-10-2-1-3-11-24/h1-17,22-23,31-34H,18-21H2/t22?,23?,31?,32?,33-,34-/m0/s1. The number of benzene rings is 4. The Kier molecular flexibility index (Phi) is 6.63. The fourth-order valence-corrected chi connectivity index (χ4v) is 8.20. The number of carbonyl (C=O) groups is 4. The van der Waals surface area contributed by atoms with Gasteiger partial charge in [0.15, 0.2) is 0 Å². The Bertz CT molecular complexity index is 1730. The van der Waals surface area contributed by atoms with Crippen molar-refractivity contribution < 1.29 is 28.7 Å². The molecule has 2 amide bonds. The van der Waals surface area contributed by atoms with Crippen molar-refractivity contribution >= 4 is 23.8 Å². The summed E-state index contributed by atoms with van der Waals surface area (Å²) in [4.78, 5) is 55.9. The topological polar surface area (TPSA) is 90.0 Å². The highest BCUT2D eigenvalue weighted by atomic mass is 16.6. The van der Waals surface area contributed by atoms with E-state index < -0.39 is 29.7 Å². The van der Waals surface area contributed by atoms with Crippen molar-refractivity contribution in [2.24, 2.45) is 17.8 Å². The van der Waals surface area contributed by atoms with Gasteiger partial charge in [0, 0.05) is 17.9 Å². The summed E-state index contributed by atoms with van der Waals surface area (Å²) in [6.07, 6.45) is 2.03. The Morgan fingerprint density at radius 3 is 1.62 bits per heavy atom. The van der Waals surface area contributed by atoms with Crippen LogP contribution in [0.15, 0.2) is 103 Å². The van der Waals surface area contributed by atoms with Crippen molar-refractivity contribution in [3.05, 3.63) is 131 Å². The SMILES string of the molecule is O=C(Oc1ccccc1)c1ccccc1OC(=O)C1CCC(N2C(=O)[C@H]3C4c5ccccc5C(c5ccccc54)[C@@H]3C2=O)CC1. The minimum Gasteiger partial charge on any atom is -0.425 e. The maximum Gasteiger partial charge on any atom is 0.347 e. The molecule has 2 bridgehead atoms. The Balaban J connectivity index is 0.969. The number of nitrogens with zero attached hydrogens (tertiary/aromatic N) is 1. The fraction of sp³-hybridized carbons (Fsp3) is 0.263. The van der Waals surface area contributed by atoms with Crippen LogP contribution in [-0.4, -0.2) is 34.7 Å². The Hall–Kier alpha value is -5.04. The van der Waals surface area contributed by atoms with Crippen LogP contribution in [0.2, 0.25) is 0 Å². The van der Waals surface area contributed by atoms with E-state index in [1.54, 1.807) is 53.4 Å². The van der Waals surface area contributed by atoms with Crippen molar-refractivity contribution in [3.8, 4) is 11.5 Å². The first-order valence-corrected chi connectivity index (χ1v) is 15.6. The minimum atomic E-state index is -0.612. The minimum absolute atomic E-state index is 0.0825. The first-order chi connectivity index (χ1) is 22.0. The van der Waals surface area contributed by atoms with Gasteiger partial charge in [-0.05, 0) is 72.2 Å². The zero-order valence-electron chi connectivity index (χ0n) is 24.5. The van der Waals surface area contributed by atoms with E-state index in [1.165, 1.54) is 0 Å². The molecule has 1 saturated heterocycles. The number of likely N-dealkylation sites (tertiary alicyclic amines) is 1. The quantitative estimate of drug-likeness (QED) is 0.153. The maximum atomic E-state index is 14.1. The molecule has 0 radical (unpaired) electrons. The average molecular weight is 598 g/mol. The predicted molar refractivity (Wildman–Crippen MR) is 165 cm³/mol. The summed E-state index contributed by atoms with van der Waals surface area (Å²) >= 11 is 0. The van der Waals surface area contributed by atoms with Gasteiger partial charge in [0.1, 0.15) is 17.1 Å². The highest BCUT2D eigenvalue weighted by Gasteiger charge is 2.62. The number of esters is 2. The number of rotatable bonds is 5. The molecule has 2 atom stereocenters. The van der Waals surface area contributed by atoms with Crippen LogP contribution in [0, 0.1) is 17.8 Å². The van der Waals surface area contributed by atoms with Gasteiger partial charge in [0.2, 0.25) is 11.8 Å². The van der Waals surface area contributed by atoms with Crippen LogP contribution >= 0.6 is 0 Å². The lowest BCUT2D eigenvalue weighted by molar-refractivity contribution is -0.144. The van der Waals surface area contributed by atoms with E-state index in [1.807, 2.05) is 30.3 Å². The summed E-state index contributed by atoms with van der Waals surface area (Å²) in [6, 6.07) is 31.5. The molecule has 0 unspecified atom stereocenters. The molecule has 1 aliphatic heterocycles. The molecule has 224 valence electrons. The van der Waals surface area contributed by atoms with E-state index in [2.05, 4.69) is 24.3 Å². The molecule has 0 spiro atoms. The summed E-state index contributed by atoms with van der Waals surface area (Å²) in [6.45, 7) is 0. The van der Waals surface area contributed by atoms with Gasteiger partial charge in [-0.1, -0.05) is 78.9 Å². The van der Waals surface area contributed by atoms with Gasteiger partial charge in [0.25, 0.3) is 0 Å². The lowest BCUT2D eigenvalue weighted by Gasteiger charge is -2.45. The lowest BCUT2D eigenvalue weighted by atomic mass is 9.55. The number of imide groups is 1. The summed E-state index contributed by atoms with van der Waals surface area (Å²) in [5, 5.41) is 0. The van der Waals surface area contributed by atoms with Gasteiger partial charge in [-0.15, -0.1) is 0 Å². The molecule has 1 saturated carbocycles. The Labute approximate surface area is 260 Å². The summed E-state index contributed by atoms with van der Waals surface area (Å²) < 4.78 is 11.2. The molecule has 0 aromatic heterocycles. The molecule has 0 N–H and O–H groups in total. The highest BCUT2D eigenvalue weighted by molar-refractivity contribution is 6.08. The monoisotopic (exact) mass is 597 g/mol. The van der Waals surface area contributed by atoms with E-state index in [0.29, 0.717) is 31.4 Å². The summed E-state index contributed by atoms with van der Waals surface area (Å²) in [5.41, 5.74) is 4.79. The van der Waals surface area contributed by atoms with Crippen LogP contribution in [0.25, 0.3) is 0 Å². The molecule has 5 aliphatic rings. The van der Waals surface area contributed by atoms with E-state index in [0.717, 1.165) is 22.3 Å². The van der Waals surface area contributed by atoms with Gasteiger partial charge in [-0.25, -0.2) is 4.79 Å². The van der Waals surface area contributed by atoms with Crippen LogP contribution in [0.4, 0.5) is 0 Å². The number of ether oxygens (including phenoxy) is 2. The van der Waals surface area contributed by atoms with E-state index >= 15 is 0 Å². The molecule has 9 rings (SSSR count). The van der Waals surface area contributed by atoms with Gasteiger partial charge < -0.3 is 9.47 Å². The smallest absolute Gasteiger partial charge is 0.347 e. The number of para-hydroxylation sites is 2. The fourth-order valence-electron chi connectivity index (χ4n) is 8.20. The van der Waals surface area contributed by atoms with Gasteiger partial charge in [0.05, 0.1) is 17.8 Å². The molecule has 2 fully saturated rings. The number of hydrogen-bond donors (Lipinski definition) is 0. The second-order valence-corrected chi connectivity index (χ2v) is 12.4. The second-order valence-electron chi connectivity index (χ2n) is 12.4. The van der Waals surface area contributed by atoms with Crippen LogP contribution < -0.4 is 9.47 Å². The zero-order chi connectivity index (χ0) is 30.7. The van der Waals surface area contributed by atoms with Crippen molar-refractivity contribution in [1.29, 1.82) is 0 Å². The maximum absolute atomic E-state index is 14.1. The zero-order valence-corrected chi connectivity index (χ0v) is 24.5. The van der Waals surface area contributed by atoms with Crippen molar-refractivity contribution in [2.75, 3.05) is 0 Å². The van der Waals surface area contributed by atoms with Gasteiger partial charge in [-0.3, -0.25) is 19.3 Å². The van der Waals surface area contributed by atoms with E-state index in [9.17, 15) is 19.2 Å². The second kappa shape index (κ2) is 10.8. The number of carbonyl (C=O) groups excluding carboxylic acids is 4. The number of hydrogen-bond acceptors (Lipinski definition) is 6. The molecule has 7 heteroatoms. The molecule has 45 heavy (non-hydrogen) atoms. The van der Waals surface area contributed by atoms with Gasteiger partial charge in [-0.2, -0.15) is 0 Å². The largest absolute Gasteiger partial charge is 0.425 e. The first kappa shape index (κ1) is 27.5. The Morgan fingerprint density at radius 1 is 0.578 bits per heavy atom. The number of amides is 2.